The molecule has 2 nitrogen and oxygen atoms in total. The molecule has 1 unspecified atom stereocenters. The van der Waals surface area contributed by atoms with Crippen LogP contribution in [0, 0.1) is 11.8 Å². The second kappa shape index (κ2) is 6.53. The highest BCUT2D eigenvalue weighted by Crippen LogP contribution is 2.29. The monoisotopic (exact) mass is 260 g/mol. The van der Waals surface area contributed by atoms with Gasteiger partial charge in [0.2, 0.25) is 0 Å². The van der Waals surface area contributed by atoms with E-state index in [4.69, 9.17) is 5.73 Å². The number of rotatable bonds is 7. The first kappa shape index (κ1) is 14.5. The average Bonchev–Trinajstić information content (AvgIpc) is 3.12. The van der Waals surface area contributed by atoms with Crippen LogP contribution in [0.1, 0.15) is 43.9 Å². The summed E-state index contributed by atoms with van der Waals surface area (Å²) in [7, 11) is 2.19. The van der Waals surface area contributed by atoms with Crippen LogP contribution in [0.3, 0.4) is 0 Å². The van der Waals surface area contributed by atoms with E-state index in [9.17, 15) is 0 Å². The molecule has 0 radical (unpaired) electrons. The minimum atomic E-state index is 0.136. The van der Waals surface area contributed by atoms with E-state index in [2.05, 4.69) is 50.1 Å². The lowest BCUT2D eigenvalue weighted by atomic mass is 9.99. The SMILES string of the molecule is CC(C)Cc1ccc(C(N)CN(C)CC2CC2)cc1. The van der Waals surface area contributed by atoms with Crippen molar-refractivity contribution in [2.75, 3.05) is 20.1 Å². The number of hydrogen-bond acceptors (Lipinski definition) is 2. The maximum Gasteiger partial charge on any atom is 0.0424 e. The first-order valence-electron chi connectivity index (χ1n) is 7.57. The quantitative estimate of drug-likeness (QED) is 0.815. The molecular formula is C17H28N2. The third-order valence-corrected chi connectivity index (χ3v) is 3.83. The van der Waals surface area contributed by atoms with Gasteiger partial charge in [0.1, 0.15) is 0 Å². The van der Waals surface area contributed by atoms with Gasteiger partial charge < -0.3 is 10.6 Å². The first-order chi connectivity index (χ1) is 9.04. The molecule has 1 aliphatic carbocycles. The van der Waals surface area contributed by atoms with Crippen LogP contribution < -0.4 is 5.73 Å². The van der Waals surface area contributed by atoms with Crippen LogP contribution >= 0.6 is 0 Å². The van der Waals surface area contributed by atoms with E-state index in [0.717, 1.165) is 18.9 Å². The molecule has 1 saturated carbocycles. The molecule has 2 N–H and O–H groups in total. The lowest BCUT2D eigenvalue weighted by Crippen LogP contribution is -2.30. The fraction of sp³-hybridized carbons (Fsp3) is 0.647. The summed E-state index contributed by atoms with van der Waals surface area (Å²) >= 11 is 0. The fourth-order valence-electron chi connectivity index (χ4n) is 2.63. The largest absolute Gasteiger partial charge is 0.323 e. The van der Waals surface area contributed by atoms with Crippen LogP contribution in [0.4, 0.5) is 0 Å². The van der Waals surface area contributed by atoms with Gasteiger partial charge in [0.15, 0.2) is 0 Å². The summed E-state index contributed by atoms with van der Waals surface area (Å²) in [5, 5.41) is 0. The summed E-state index contributed by atoms with van der Waals surface area (Å²) in [5.41, 5.74) is 8.98. The van der Waals surface area contributed by atoms with E-state index in [1.54, 1.807) is 0 Å². The Kier molecular flexibility index (Phi) is 5.00. The average molecular weight is 260 g/mol. The van der Waals surface area contributed by atoms with E-state index in [0.29, 0.717) is 5.92 Å². The maximum absolute atomic E-state index is 6.30. The maximum atomic E-state index is 6.30. The summed E-state index contributed by atoms with van der Waals surface area (Å²) in [6, 6.07) is 9.00. The number of benzene rings is 1. The van der Waals surface area contributed by atoms with Crippen LogP contribution in [0.25, 0.3) is 0 Å². The topological polar surface area (TPSA) is 29.3 Å². The smallest absolute Gasteiger partial charge is 0.0424 e. The highest BCUT2D eigenvalue weighted by atomic mass is 15.1. The molecule has 1 atom stereocenters. The summed E-state index contributed by atoms with van der Waals surface area (Å²) in [4.78, 5) is 2.38. The predicted octanol–water partition coefficient (Wildman–Crippen LogP) is 3.23. The van der Waals surface area contributed by atoms with Crippen molar-refractivity contribution in [3.8, 4) is 0 Å². The molecule has 106 valence electrons. The molecular weight excluding hydrogens is 232 g/mol. The summed E-state index contributed by atoms with van der Waals surface area (Å²) in [6.45, 7) is 6.68. The van der Waals surface area contributed by atoms with Gasteiger partial charge >= 0.3 is 0 Å². The van der Waals surface area contributed by atoms with Crippen LogP contribution in [-0.2, 0) is 6.42 Å². The van der Waals surface area contributed by atoms with Crippen LogP contribution in [-0.4, -0.2) is 25.0 Å². The Morgan fingerprint density at radius 3 is 2.37 bits per heavy atom. The van der Waals surface area contributed by atoms with Gasteiger partial charge in [0.05, 0.1) is 0 Å². The molecule has 0 saturated heterocycles. The molecule has 1 fully saturated rings. The van der Waals surface area contributed by atoms with Crippen LogP contribution in [0.15, 0.2) is 24.3 Å². The lowest BCUT2D eigenvalue weighted by molar-refractivity contribution is 0.300. The minimum absolute atomic E-state index is 0.136. The molecule has 0 bridgehead atoms. The van der Waals surface area contributed by atoms with Crippen LogP contribution in [0.2, 0.25) is 0 Å². The van der Waals surface area contributed by atoms with Crippen molar-refractivity contribution in [1.29, 1.82) is 0 Å². The van der Waals surface area contributed by atoms with Crippen molar-refractivity contribution in [3.63, 3.8) is 0 Å². The lowest BCUT2D eigenvalue weighted by Gasteiger charge is -2.21. The second-order valence-corrected chi connectivity index (χ2v) is 6.61. The number of hydrogen-bond donors (Lipinski definition) is 1. The van der Waals surface area contributed by atoms with Gasteiger partial charge in [-0.25, -0.2) is 0 Å². The van der Waals surface area contributed by atoms with E-state index >= 15 is 0 Å². The molecule has 0 spiro atoms. The van der Waals surface area contributed by atoms with Crippen LogP contribution in [0.5, 0.6) is 0 Å². The van der Waals surface area contributed by atoms with Gasteiger partial charge in [-0.1, -0.05) is 38.1 Å². The van der Waals surface area contributed by atoms with Gasteiger partial charge in [-0.15, -0.1) is 0 Å². The van der Waals surface area contributed by atoms with Crippen molar-refractivity contribution < 1.29 is 0 Å². The van der Waals surface area contributed by atoms with Gasteiger partial charge in [-0.05, 0) is 49.3 Å². The van der Waals surface area contributed by atoms with Crippen molar-refractivity contribution in [2.24, 2.45) is 17.6 Å². The van der Waals surface area contributed by atoms with E-state index in [1.807, 2.05) is 0 Å². The normalized spacial score (nSPS) is 17.2. The Morgan fingerprint density at radius 1 is 1.21 bits per heavy atom. The zero-order valence-electron chi connectivity index (χ0n) is 12.6. The Labute approximate surface area is 118 Å². The Balaban J connectivity index is 1.85. The molecule has 2 rings (SSSR count). The Bertz CT molecular complexity index is 379. The highest BCUT2D eigenvalue weighted by Gasteiger charge is 2.23. The molecule has 19 heavy (non-hydrogen) atoms. The third-order valence-electron chi connectivity index (χ3n) is 3.83. The molecule has 0 aromatic heterocycles. The third kappa shape index (κ3) is 4.96. The molecule has 0 aliphatic heterocycles. The standard InChI is InChI=1S/C17H28N2/c1-13(2)10-14-6-8-16(9-7-14)17(18)12-19(3)11-15-4-5-15/h6-9,13,15,17H,4-5,10-12,18H2,1-3H3. The number of nitrogens with zero attached hydrogens (tertiary/aromatic N) is 1. The van der Waals surface area contributed by atoms with Gasteiger partial charge in [0.25, 0.3) is 0 Å². The molecule has 0 amide bonds. The van der Waals surface area contributed by atoms with E-state index in [-0.39, 0.29) is 6.04 Å². The highest BCUT2D eigenvalue weighted by molar-refractivity contribution is 5.25. The zero-order chi connectivity index (χ0) is 13.8. The zero-order valence-corrected chi connectivity index (χ0v) is 12.6. The van der Waals surface area contributed by atoms with Crippen molar-refractivity contribution in [1.82, 2.24) is 4.90 Å². The van der Waals surface area contributed by atoms with E-state index in [1.165, 1.54) is 30.5 Å². The molecule has 1 aliphatic rings. The number of nitrogens with two attached hydrogens (primary N) is 1. The summed E-state index contributed by atoms with van der Waals surface area (Å²) < 4.78 is 0. The Morgan fingerprint density at radius 2 is 1.84 bits per heavy atom. The van der Waals surface area contributed by atoms with Gasteiger partial charge in [-0.2, -0.15) is 0 Å². The molecule has 1 aromatic rings. The summed E-state index contributed by atoms with van der Waals surface area (Å²) in [5.74, 6) is 1.65. The van der Waals surface area contributed by atoms with Crippen molar-refractivity contribution >= 4 is 0 Å². The first-order valence-corrected chi connectivity index (χ1v) is 7.57. The predicted molar refractivity (Wildman–Crippen MR) is 82.1 cm³/mol. The fourth-order valence-corrected chi connectivity index (χ4v) is 2.63. The van der Waals surface area contributed by atoms with E-state index < -0.39 is 0 Å². The second-order valence-electron chi connectivity index (χ2n) is 6.61. The molecule has 0 heterocycles. The number of likely N-dealkylation sites (N-methyl/N-ethyl adjacent to an activating group) is 1. The Hall–Kier alpha value is -0.860. The minimum Gasteiger partial charge on any atom is -0.323 e. The molecule has 1 aromatic carbocycles. The van der Waals surface area contributed by atoms with Gasteiger partial charge in [-0.3, -0.25) is 0 Å². The van der Waals surface area contributed by atoms with Crippen molar-refractivity contribution in [2.45, 2.75) is 39.2 Å². The molecule has 2 heteroatoms. The van der Waals surface area contributed by atoms with Crippen molar-refractivity contribution in [3.05, 3.63) is 35.4 Å². The van der Waals surface area contributed by atoms with Gasteiger partial charge in [0, 0.05) is 19.1 Å². The summed E-state index contributed by atoms with van der Waals surface area (Å²) in [6.07, 6.45) is 3.96.